The van der Waals surface area contributed by atoms with Crippen LogP contribution in [0.15, 0.2) is 66.8 Å². The largest absolute Gasteiger partial charge is 0.490 e. The minimum atomic E-state index is -0.824. The third-order valence-corrected chi connectivity index (χ3v) is 9.57. The van der Waals surface area contributed by atoms with Gasteiger partial charge in [0.15, 0.2) is 0 Å². The van der Waals surface area contributed by atoms with Gasteiger partial charge in [-0.15, -0.1) is 11.3 Å². The smallest absolute Gasteiger partial charge is 0.246 e. The molecule has 0 bridgehead atoms. The summed E-state index contributed by atoms with van der Waals surface area (Å²) in [6, 6.07) is 11.4. The Hall–Kier alpha value is -4.94. The summed E-state index contributed by atoms with van der Waals surface area (Å²) in [5.41, 5.74) is 4.48. The van der Waals surface area contributed by atoms with Crippen molar-refractivity contribution in [2.45, 2.75) is 45.5 Å². The molecule has 12 heteroatoms. The maximum atomic E-state index is 16.1. The number of benzene rings is 2. The summed E-state index contributed by atoms with van der Waals surface area (Å²) in [5.74, 6) is -1.24. The van der Waals surface area contributed by atoms with E-state index in [0.717, 1.165) is 16.7 Å². The number of aryl methyl sites for hydroxylation is 1. The molecule has 0 saturated carbocycles. The van der Waals surface area contributed by atoms with E-state index in [9.17, 15) is 9.90 Å². The zero-order chi connectivity index (χ0) is 33.1. The summed E-state index contributed by atoms with van der Waals surface area (Å²) in [6.45, 7) is 9.39. The molecule has 3 atom stereocenters. The number of fused-ring (bicyclic) bond motifs is 3. The highest BCUT2D eigenvalue weighted by Gasteiger charge is 2.35. The molecule has 9 nitrogen and oxygen atoms in total. The third-order valence-electron chi connectivity index (χ3n) is 8.62. The van der Waals surface area contributed by atoms with E-state index in [1.54, 1.807) is 24.2 Å². The minimum Gasteiger partial charge on any atom is -0.490 e. The molecule has 0 fully saturated rings. The fourth-order valence-electron chi connectivity index (χ4n) is 6.47. The molecule has 1 N–H and O–H groups in total. The maximum Gasteiger partial charge on any atom is 0.246 e. The van der Waals surface area contributed by atoms with Crippen LogP contribution in [0.5, 0.6) is 5.75 Å². The van der Waals surface area contributed by atoms with Crippen LogP contribution in [0.25, 0.3) is 54.9 Å². The fourth-order valence-corrected chi connectivity index (χ4v) is 7.40. The molecule has 2 aromatic carbocycles. The van der Waals surface area contributed by atoms with Crippen LogP contribution in [0.2, 0.25) is 0 Å². The van der Waals surface area contributed by atoms with Crippen molar-refractivity contribution in [2.75, 3.05) is 6.61 Å². The van der Waals surface area contributed by atoms with Gasteiger partial charge in [0, 0.05) is 35.0 Å². The fraction of sp³-hybridized carbons (Fsp3) is 0.257. The second-order valence-corrected chi connectivity index (χ2v) is 12.8. The first-order chi connectivity index (χ1) is 22.6. The van der Waals surface area contributed by atoms with E-state index in [-0.39, 0.29) is 52.6 Å². The lowest BCUT2D eigenvalue weighted by Gasteiger charge is -2.38. The first kappa shape index (κ1) is 30.7. The molecular weight excluding hydrogens is 622 g/mol. The predicted octanol–water partition coefficient (Wildman–Crippen LogP) is 6.90. The molecule has 47 heavy (non-hydrogen) atoms. The Bertz CT molecular complexity index is 2200. The van der Waals surface area contributed by atoms with E-state index in [0.29, 0.717) is 28.2 Å². The Balaban J connectivity index is 1.53. The molecule has 0 saturated heterocycles. The number of aromatic nitrogens is 5. The van der Waals surface area contributed by atoms with Gasteiger partial charge in [-0.1, -0.05) is 18.7 Å². The first-order valence-electron chi connectivity index (χ1n) is 15.2. The normalized spacial score (nSPS) is 16.9. The zero-order valence-corrected chi connectivity index (χ0v) is 27.1. The second-order valence-electron chi connectivity index (χ2n) is 11.9. The van der Waals surface area contributed by atoms with Gasteiger partial charge in [0.1, 0.15) is 35.4 Å². The van der Waals surface area contributed by atoms with Gasteiger partial charge in [-0.3, -0.25) is 9.48 Å². The number of amides is 1. The maximum absolute atomic E-state index is 16.1. The molecule has 240 valence electrons. The van der Waals surface area contributed by atoms with E-state index in [1.807, 2.05) is 54.4 Å². The van der Waals surface area contributed by atoms with Crippen LogP contribution >= 0.6 is 11.3 Å². The number of imidazole rings is 1. The van der Waals surface area contributed by atoms with E-state index in [4.69, 9.17) is 14.8 Å². The van der Waals surface area contributed by atoms with Gasteiger partial charge < -0.3 is 19.3 Å². The number of aliphatic hydroxyl groups is 1. The van der Waals surface area contributed by atoms with Crippen molar-refractivity contribution in [1.29, 1.82) is 0 Å². The lowest BCUT2D eigenvalue weighted by atomic mass is 9.94. The van der Waals surface area contributed by atoms with Crippen molar-refractivity contribution in [1.82, 2.24) is 29.2 Å². The molecule has 0 radical (unpaired) electrons. The lowest BCUT2D eigenvalue weighted by Crippen LogP contribution is -2.46. The van der Waals surface area contributed by atoms with Gasteiger partial charge in [0.25, 0.3) is 0 Å². The topological polar surface area (TPSA) is 98.3 Å². The summed E-state index contributed by atoms with van der Waals surface area (Å²) in [4.78, 5) is 24.2. The van der Waals surface area contributed by atoms with Gasteiger partial charge >= 0.3 is 0 Å². The number of rotatable bonds is 7. The average molecular weight is 655 g/mol. The summed E-state index contributed by atoms with van der Waals surface area (Å²) in [5, 5.41) is 16.5. The van der Waals surface area contributed by atoms with E-state index < -0.39 is 17.7 Å². The number of thiophene rings is 1. The van der Waals surface area contributed by atoms with E-state index in [1.165, 1.54) is 34.9 Å². The van der Waals surface area contributed by atoms with Crippen LogP contribution in [0.3, 0.4) is 0 Å². The summed E-state index contributed by atoms with van der Waals surface area (Å²) in [6.07, 6.45) is 2.20. The van der Waals surface area contributed by atoms with E-state index >= 15 is 8.78 Å². The summed E-state index contributed by atoms with van der Waals surface area (Å²) >= 11 is 1.18. The molecule has 1 aliphatic rings. The van der Waals surface area contributed by atoms with Crippen molar-refractivity contribution in [2.24, 2.45) is 7.05 Å². The zero-order valence-electron chi connectivity index (χ0n) is 26.2. The highest BCUT2D eigenvalue weighted by molar-refractivity contribution is 7.17. The number of pyridine rings is 1. The molecule has 5 heterocycles. The molecule has 0 unspecified atom stereocenters. The Morgan fingerprint density at radius 1 is 1.17 bits per heavy atom. The van der Waals surface area contributed by atoms with Crippen LogP contribution in [0.1, 0.15) is 32.5 Å². The average Bonchev–Trinajstić information content (AvgIpc) is 3.76. The predicted molar refractivity (Wildman–Crippen MR) is 178 cm³/mol. The molecule has 0 aliphatic carbocycles. The quantitative estimate of drug-likeness (QED) is 0.188. The summed E-state index contributed by atoms with van der Waals surface area (Å²) < 4.78 is 42.3. The van der Waals surface area contributed by atoms with Crippen molar-refractivity contribution in [3.05, 3.63) is 84.2 Å². The summed E-state index contributed by atoms with van der Waals surface area (Å²) in [7, 11) is 1.91. The molecule has 6 aromatic rings. The Labute approximate surface area is 273 Å². The number of nitrogens with zero attached hydrogens (tertiary/aromatic N) is 6. The van der Waals surface area contributed by atoms with Crippen LogP contribution < -0.4 is 4.74 Å². The second kappa shape index (κ2) is 11.7. The van der Waals surface area contributed by atoms with E-state index in [2.05, 4.69) is 11.6 Å². The van der Waals surface area contributed by atoms with Gasteiger partial charge in [0.05, 0.1) is 57.7 Å². The molecule has 1 amide bonds. The third kappa shape index (κ3) is 5.08. The highest BCUT2D eigenvalue weighted by atomic mass is 32.1. The van der Waals surface area contributed by atoms with Crippen molar-refractivity contribution in [3.63, 3.8) is 0 Å². The van der Waals surface area contributed by atoms with Gasteiger partial charge in [-0.05, 0) is 57.2 Å². The number of carbonyl (C=O) groups excluding carboxylic acids is 1. The van der Waals surface area contributed by atoms with Crippen LogP contribution in [-0.2, 0) is 18.4 Å². The molecule has 7 rings (SSSR count). The first-order valence-corrected chi connectivity index (χ1v) is 16.1. The van der Waals surface area contributed by atoms with Crippen molar-refractivity contribution < 1.29 is 23.4 Å². The van der Waals surface area contributed by atoms with Crippen molar-refractivity contribution in [3.8, 4) is 39.5 Å². The Kier molecular flexibility index (Phi) is 7.64. The number of hydrogen-bond donors (Lipinski definition) is 1. The molecule has 0 spiro atoms. The molecule has 1 aliphatic heterocycles. The number of ether oxygens (including phenoxy) is 1. The standard InChI is InChI=1S/C35H32F2N6O3S/c1-6-29(45)43-18(2)14-42-27(20(43)4)13-25(40-42)34-32(30-22(36)8-7-9-28(30)46-15-19(3)44)31-23(37)16-47-35(31)33(39-34)21-10-11-26-24(12-21)38-17-41(26)5/h6-13,16-20,44H,1,14-15H2,2-5H3/t18-,19-,20+/m1/s1. The van der Waals surface area contributed by atoms with Gasteiger partial charge in [0.2, 0.25) is 5.91 Å². The lowest BCUT2D eigenvalue weighted by molar-refractivity contribution is -0.131. The van der Waals surface area contributed by atoms with Crippen LogP contribution in [0.4, 0.5) is 8.78 Å². The van der Waals surface area contributed by atoms with Crippen molar-refractivity contribution >= 4 is 38.4 Å². The number of hydrogen-bond acceptors (Lipinski definition) is 7. The Morgan fingerprint density at radius 3 is 2.74 bits per heavy atom. The van der Waals surface area contributed by atoms with Crippen LogP contribution in [0, 0.1) is 11.6 Å². The molecular formula is C35H32F2N6O3S. The number of carbonyl (C=O) groups is 1. The highest BCUT2D eigenvalue weighted by Crippen LogP contribution is 2.48. The van der Waals surface area contributed by atoms with Crippen LogP contribution in [-0.4, -0.2) is 59.0 Å². The monoisotopic (exact) mass is 654 g/mol. The minimum absolute atomic E-state index is 0.0144. The number of aliphatic hydroxyl groups excluding tert-OH is 1. The van der Waals surface area contributed by atoms with Gasteiger partial charge in [-0.2, -0.15) is 5.10 Å². The number of halogens is 2. The Morgan fingerprint density at radius 2 is 1.98 bits per heavy atom. The van der Waals surface area contributed by atoms with Gasteiger partial charge in [-0.25, -0.2) is 18.7 Å². The molecule has 4 aromatic heterocycles. The SMILES string of the molecule is C=CC(=O)N1[C@H](C)Cn2nc(-c3nc(-c4ccc5c(c4)ncn5C)c4scc(F)c4c3-c3c(F)cccc3OC[C@@H](C)O)cc2[C@@H]1C.